The summed E-state index contributed by atoms with van der Waals surface area (Å²) in [6.07, 6.45) is 0.484. The maximum atomic E-state index is 12.8. The minimum atomic E-state index is -0.421. The number of carbonyl (C=O) groups is 1. The molecule has 0 bridgehead atoms. The molecular formula is C20H25N3O2S. The van der Waals surface area contributed by atoms with Crippen LogP contribution in [0, 0.1) is 0 Å². The average Bonchev–Trinajstić information content (AvgIpc) is 2.91. The highest BCUT2D eigenvalue weighted by molar-refractivity contribution is 7.16. The third kappa shape index (κ3) is 2.87. The van der Waals surface area contributed by atoms with Crippen molar-refractivity contribution < 1.29 is 9.90 Å². The zero-order valence-electron chi connectivity index (χ0n) is 15.6. The monoisotopic (exact) mass is 371 g/mol. The number of hydrogen-bond donors (Lipinski definition) is 3. The molecule has 0 spiro atoms. The molecule has 2 aromatic rings. The minimum absolute atomic E-state index is 0.0289. The van der Waals surface area contributed by atoms with Crippen molar-refractivity contribution in [3.05, 3.63) is 45.3 Å². The molecule has 3 heterocycles. The van der Waals surface area contributed by atoms with Gasteiger partial charge in [0, 0.05) is 23.5 Å². The first-order valence-electron chi connectivity index (χ1n) is 8.98. The first-order valence-corrected chi connectivity index (χ1v) is 9.79. The lowest BCUT2D eigenvalue weighted by molar-refractivity contribution is 0.0934. The Morgan fingerprint density at radius 3 is 2.77 bits per heavy atom. The largest absolute Gasteiger partial charge is 0.508 e. The topological polar surface area (TPSA) is 64.6 Å². The fourth-order valence-electron chi connectivity index (χ4n) is 3.65. The molecule has 0 aliphatic carbocycles. The second kappa shape index (κ2) is 5.99. The van der Waals surface area contributed by atoms with Crippen molar-refractivity contribution in [1.82, 2.24) is 10.2 Å². The Morgan fingerprint density at radius 1 is 1.27 bits per heavy atom. The summed E-state index contributed by atoms with van der Waals surface area (Å²) in [4.78, 5) is 16.4. The third-order valence-corrected chi connectivity index (χ3v) is 6.38. The number of carbonyl (C=O) groups excluding carboxylic acids is 1. The van der Waals surface area contributed by atoms with Gasteiger partial charge in [0.2, 0.25) is 0 Å². The zero-order chi connectivity index (χ0) is 18.6. The van der Waals surface area contributed by atoms with Gasteiger partial charge in [-0.15, -0.1) is 11.3 Å². The van der Waals surface area contributed by atoms with Crippen molar-refractivity contribution in [2.45, 2.75) is 45.3 Å². The molecule has 138 valence electrons. The summed E-state index contributed by atoms with van der Waals surface area (Å²) in [5.41, 5.74) is 3.78. The molecule has 3 N–H and O–H groups in total. The SMILES string of the molecule is CN1CCc2c(sc3c2C(=O)N[C@H](c2cc(C(C)(C)C)ccc2O)N3)C1. The van der Waals surface area contributed by atoms with E-state index in [0.717, 1.165) is 35.6 Å². The smallest absolute Gasteiger partial charge is 0.256 e. The average molecular weight is 372 g/mol. The maximum Gasteiger partial charge on any atom is 0.256 e. The number of nitrogens with zero attached hydrogens (tertiary/aromatic N) is 1. The lowest BCUT2D eigenvalue weighted by Gasteiger charge is -2.29. The zero-order valence-corrected chi connectivity index (χ0v) is 16.5. The molecule has 2 aliphatic rings. The first-order chi connectivity index (χ1) is 12.2. The van der Waals surface area contributed by atoms with E-state index in [1.165, 1.54) is 10.4 Å². The van der Waals surface area contributed by atoms with Crippen LogP contribution >= 0.6 is 11.3 Å². The summed E-state index contributed by atoms with van der Waals surface area (Å²) in [7, 11) is 2.11. The van der Waals surface area contributed by atoms with Gasteiger partial charge in [-0.1, -0.05) is 26.8 Å². The quantitative estimate of drug-likeness (QED) is 0.717. The van der Waals surface area contributed by atoms with Crippen molar-refractivity contribution in [2.75, 3.05) is 18.9 Å². The van der Waals surface area contributed by atoms with E-state index in [1.807, 2.05) is 12.1 Å². The Hall–Kier alpha value is -2.05. The normalized spacial score (nSPS) is 20.2. The summed E-state index contributed by atoms with van der Waals surface area (Å²) >= 11 is 1.66. The summed E-state index contributed by atoms with van der Waals surface area (Å²) in [6.45, 7) is 8.27. The fraction of sp³-hybridized carbons (Fsp3) is 0.450. The van der Waals surface area contributed by atoms with Gasteiger partial charge in [0.25, 0.3) is 5.91 Å². The van der Waals surface area contributed by atoms with Crippen LogP contribution < -0.4 is 10.6 Å². The van der Waals surface area contributed by atoms with Gasteiger partial charge in [-0.2, -0.15) is 0 Å². The van der Waals surface area contributed by atoms with Crippen LogP contribution in [0.1, 0.15) is 58.9 Å². The van der Waals surface area contributed by atoms with Crippen LogP contribution in [-0.2, 0) is 18.4 Å². The molecule has 0 saturated heterocycles. The Bertz CT molecular complexity index is 882. The number of thiophene rings is 1. The molecule has 1 amide bonds. The summed E-state index contributed by atoms with van der Waals surface area (Å²) < 4.78 is 0. The van der Waals surface area contributed by atoms with Crippen molar-refractivity contribution in [1.29, 1.82) is 0 Å². The van der Waals surface area contributed by atoms with Gasteiger partial charge in [0.05, 0.1) is 5.56 Å². The Balaban J connectivity index is 1.71. The predicted molar refractivity (Wildman–Crippen MR) is 105 cm³/mol. The van der Waals surface area contributed by atoms with E-state index in [4.69, 9.17) is 0 Å². The molecule has 1 aromatic heterocycles. The first kappa shape index (κ1) is 17.4. The second-order valence-electron chi connectivity index (χ2n) is 8.27. The molecule has 1 atom stereocenters. The van der Waals surface area contributed by atoms with Crippen LogP contribution in [0.5, 0.6) is 5.75 Å². The molecule has 1 aromatic carbocycles. The third-order valence-electron chi connectivity index (χ3n) is 5.23. The van der Waals surface area contributed by atoms with Gasteiger partial charge < -0.3 is 20.6 Å². The van der Waals surface area contributed by atoms with E-state index in [2.05, 4.69) is 43.4 Å². The lowest BCUT2D eigenvalue weighted by atomic mass is 9.85. The second-order valence-corrected chi connectivity index (χ2v) is 9.38. The molecule has 26 heavy (non-hydrogen) atoms. The summed E-state index contributed by atoms with van der Waals surface area (Å²) in [6, 6.07) is 5.64. The van der Waals surface area contributed by atoms with Crippen molar-refractivity contribution in [2.24, 2.45) is 0 Å². The van der Waals surface area contributed by atoms with Gasteiger partial charge in [0.15, 0.2) is 0 Å². The predicted octanol–water partition coefficient (Wildman–Crippen LogP) is 3.59. The molecule has 0 saturated carbocycles. The Morgan fingerprint density at radius 2 is 2.04 bits per heavy atom. The number of benzene rings is 1. The molecular weight excluding hydrogens is 346 g/mol. The fourth-order valence-corrected chi connectivity index (χ4v) is 5.00. The van der Waals surface area contributed by atoms with E-state index in [1.54, 1.807) is 17.4 Å². The summed E-state index contributed by atoms with van der Waals surface area (Å²) in [5, 5.41) is 17.8. The molecule has 6 heteroatoms. The number of phenols is 1. The van der Waals surface area contributed by atoms with Crippen LogP contribution in [0.25, 0.3) is 0 Å². The Labute approximate surface area is 158 Å². The standard InChI is InChI=1S/C20H25N3O2S/c1-20(2,3)11-5-6-14(24)13(9-11)17-21-18(25)16-12-7-8-23(4)10-15(12)26-19(16)22-17/h5-6,9,17,22,24H,7-8,10H2,1-4H3,(H,21,25)/t17-/m0/s1. The molecule has 4 rings (SSSR count). The molecule has 0 unspecified atom stereocenters. The van der Waals surface area contributed by atoms with E-state index in [-0.39, 0.29) is 17.1 Å². The molecule has 0 fully saturated rings. The van der Waals surface area contributed by atoms with Crippen molar-refractivity contribution in [3.8, 4) is 5.75 Å². The highest BCUT2D eigenvalue weighted by Gasteiger charge is 2.34. The number of anilines is 1. The van der Waals surface area contributed by atoms with Crippen LogP contribution in [0.3, 0.4) is 0 Å². The highest BCUT2D eigenvalue weighted by Crippen LogP contribution is 2.42. The number of aromatic hydroxyl groups is 1. The number of rotatable bonds is 1. The molecule has 0 radical (unpaired) electrons. The van der Waals surface area contributed by atoms with E-state index in [0.29, 0.717) is 5.56 Å². The highest BCUT2D eigenvalue weighted by atomic mass is 32.1. The van der Waals surface area contributed by atoms with Crippen LogP contribution in [0.2, 0.25) is 0 Å². The van der Waals surface area contributed by atoms with E-state index in [9.17, 15) is 9.90 Å². The number of nitrogens with one attached hydrogen (secondary N) is 2. The van der Waals surface area contributed by atoms with Crippen LogP contribution in [-0.4, -0.2) is 29.5 Å². The number of hydrogen-bond acceptors (Lipinski definition) is 5. The van der Waals surface area contributed by atoms with Crippen LogP contribution in [0.4, 0.5) is 5.00 Å². The van der Waals surface area contributed by atoms with Gasteiger partial charge in [-0.3, -0.25) is 4.79 Å². The van der Waals surface area contributed by atoms with Gasteiger partial charge >= 0.3 is 0 Å². The van der Waals surface area contributed by atoms with Crippen molar-refractivity contribution >= 4 is 22.2 Å². The van der Waals surface area contributed by atoms with Gasteiger partial charge in [0.1, 0.15) is 16.9 Å². The molecule has 5 nitrogen and oxygen atoms in total. The lowest BCUT2D eigenvalue weighted by Crippen LogP contribution is -2.38. The number of phenolic OH excluding ortho intramolecular Hbond substituents is 1. The minimum Gasteiger partial charge on any atom is -0.508 e. The summed E-state index contributed by atoms with van der Waals surface area (Å²) in [5.74, 6) is 0.145. The molecule has 2 aliphatic heterocycles. The van der Waals surface area contributed by atoms with E-state index < -0.39 is 6.17 Å². The number of amides is 1. The van der Waals surface area contributed by atoms with Crippen molar-refractivity contribution in [3.63, 3.8) is 0 Å². The van der Waals surface area contributed by atoms with Crippen LogP contribution in [0.15, 0.2) is 18.2 Å². The maximum absolute atomic E-state index is 12.8. The number of likely N-dealkylation sites (N-methyl/N-ethyl adjacent to an activating group) is 1. The number of fused-ring (bicyclic) bond motifs is 3. The van der Waals surface area contributed by atoms with Gasteiger partial charge in [-0.25, -0.2) is 0 Å². The van der Waals surface area contributed by atoms with E-state index >= 15 is 0 Å². The Kier molecular flexibility index (Phi) is 4.00. The van der Waals surface area contributed by atoms with Gasteiger partial charge in [-0.05, 0) is 42.1 Å².